The Bertz CT molecular complexity index is 624. The number of hydrogen-bond acceptors (Lipinski definition) is 5. The van der Waals surface area contributed by atoms with E-state index in [9.17, 15) is 4.79 Å². The van der Waals surface area contributed by atoms with Gasteiger partial charge in [0, 0.05) is 12.6 Å². The number of aliphatic hydroxyl groups is 1. The highest BCUT2D eigenvalue weighted by Gasteiger charge is 2.30. The number of carbonyl (C=O) groups is 1. The van der Waals surface area contributed by atoms with Crippen molar-refractivity contribution in [2.24, 2.45) is 8.73 Å². The van der Waals surface area contributed by atoms with E-state index in [-0.39, 0.29) is 12.5 Å². The zero-order valence-corrected chi connectivity index (χ0v) is 13.2. The van der Waals surface area contributed by atoms with Crippen LogP contribution in [0.5, 0.6) is 0 Å². The monoisotopic (exact) mass is 320 g/mol. The Morgan fingerprint density at radius 2 is 2.23 bits per heavy atom. The lowest BCUT2D eigenvalue weighted by atomic mass is 10.2. The number of rotatable bonds is 8. The fraction of sp³-hybridized carbons (Fsp3) is 0.533. The molecule has 0 aromatic heterocycles. The van der Waals surface area contributed by atoms with Gasteiger partial charge in [-0.2, -0.15) is 8.73 Å². The first kappa shape index (κ1) is 15.3. The zero-order valence-electron chi connectivity index (χ0n) is 12.4. The van der Waals surface area contributed by atoms with E-state index in [2.05, 4.69) is 18.9 Å². The summed E-state index contributed by atoms with van der Waals surface area (Å²) in [6, 6.07) is 6.15. The molecule has 1 aliphatic carbocycles. The molecule has 7 heteroatoms. The third-order valence-electron chi connectivity index (χ3n) is 3.82. The molecule has 0 bridgehead atoms. The third kappa shape index (κ3) is 3.79. The molecule has 6 nitrogen and oxygen atoms in total. The molecule has 118 valence electrons. The summed E-state index contributed by atoms with van der Waals surface area (Å²) in [4.78, 5) is 14.5. The summed E-state index contributed by atoms with van der Waals surface area (Å²) < 4.78 is 8.41. The van der Waals surface area contributed by atoms with Crippen molar-refractivity contribution >= 4 is 34.3 Å². The number of fused-ring (bicyclic) bond motifs is 1. The largest absolute Gasteiger partial charge is 0.396 e. The first-order valence-electron chi connectivity index (χ1n) is 7.64. The Kier molecular flexibility index (Phi) is 4.97. The van der Waals surface area contributed by atoms with Crippen molar-refractivity contribution in [2.75, 3.05) is 25.0 Å². The average molecular weight is 320 g/mol. The van der Waals surface area contributed by atoms with E-state index >= 15 is 0 Å². The van der Waals surface area contributed by atoms with Gasteiger partial charge in [0.15, 0.2) is 0 Å². The first-order chi connectivity index (χ1) is 10.8. The maximum Gasteiger partial charge on any atom is 0.238 e. The van der Waals surface area contributed by atoms with Crippen molar-refractivity contribution in [1.29, 1.82) is 0 Å². The summed E-state index contributed by atoms with van der Waals surface area (Å²) in [6.07, 6.45) is 4.04. The summed E-state index contributed by atoms with van der Waals surface area (Å²) in [5, 5.41) is 11.8. The predicted octanol–water partition coefficient (Wildman–Crippen LogP) is 2.59. The summed E-state index contributed by atoms with van der Waals surface area (Å²) in [5.41, 5.74) is 2.28. The first-order valence-corrected chi connectivity index (χ1v) is 8.37. The van der Waals surface area contributed by atoms with Crippen LogP contribution in [-0.2, 0) is 16.1 Å². The molecule has 0 atom stereocenters. The van der Waals surface area contributed by atoms with Crippen molar-refractivity contribution < 1.29 is 9.90 Å². The minimum absolute atomic E-state index is 0.0172. The van der Waals surface area contributed by atoms with Crippen molar-refractivity contribution in [2.45, 2.75) is 31.7 Å². The van der Waals surface area contributed by atoms with Gasteiger partial charge in [-0.05, 0) is 44.4 Å². The van der Waals surface area contributed by atoms with Gasteiger partial charge < -0.3 is 10.4 Å². The standard InChI is InChI=1S/C15H20N4O2S/c20-9-2-1-8-19(11-6-7-11)10-14(21)16-12-4-3-5-13-15(12)18-22-17-13/h3-5,11,20H,1-2,6-10H2,(H,16,21). The van der Waals surface area contributed by atoms with Gasteiger partial charge in [0.05, 0.1) is 23.6 Å². The number of carbonyl (C=O) groups excluding carboxylic acids is 1. The predicted molar refractivity (Wildman–Crippen MR) is 87.5 cm³/mol. The average Bonchev–Trinajstić information content (AvgIpc) is 3.24. The molecule has 0 radical (unpaired) electrons. The van der Waals surface area contributed by atoms with E-state index < -0.39 is 0 Å². The molecule has 1 aromatic rings. The highest BCUT2D eigenvalue weighted by Crippen LogP contribution is 2.38. The normalized spacial score (nSPS) is 15.7. The molecule has 2 N–H and O–H groups in total. The van der Waals surface area contributed by atoms with Crippen molar-refractivity contribution in [3.8, 4) is 0 Å². The van der Waals surface area contributed by atoms with Crippen LogP contribution < -0.4 is 5.32 Å². The number of amides is 1. The second-order valence-corrected chi connectivity index (χ2v) is 6.15. The fourth-order valence-electron chi connectivity index (χ4n) is 2.54. The van der Waals surface area contributed by atoms with Crippen molar-refractivity contribution in [1.82, 2.24) is 4.90 Å². The van der Waals surface area contributed by atoms with Crippen LogP contribution in [0.1, 0.15) is 25.7 Å². The van der Waals surface area contributed by atoms with Gasteiger partial charge in [-0.3, -0.25) is 9.69 Å². The van der Waals surface area contributed by atoms with Gasteiger partial charge in [-0.1, -0.05) is 6.07 Å². The number of aliphatic hydroxyl groups excluding tert-OH is 1. The summed E-state index contributed by atoms with van der Waals surface area (Å²) in [6.45, 7) is 1.47. The van der Waals surface area contributed by atoms with E-state index in [0.717, 1.165) is 60.6 Å². The number of anilines is 1. The number of nitrogens with one attached hydrogen (secondary N) is 1. The zero-order chi connectivity index (χ0) is 15.4. The summed E-state index contributed by atoms with van der Waals surface area (Å²) >= 11 is 1.15. The highest BCUT2D eigenvalue weighted by atomic mass is 32.1. The van der Waals surface area contributed by atoms with E-state index in [1.54, 1.807) is 0 Å². The fourth-order valence-corrected chi connectivity index (χ4v) is 3.09. The Morgan fingerprint density at radius 3 is 3.00 bits per heavy atom. The maximum absolute atomic E-state index is 12.3. The topological polar surface area (TPSA) is 77.3 Å². The molecule has 3 rings (SSSR count). The molecule has 0 unspecified atom stereocenters. The molecular weight excluding hydrogens is 300 g/mol. The molecule has 1 amide bonds. The van der Waals surface area contributed by atoms with E-state index in [1.165, 1.54) is 0 Å². The van der Waals surface area contributed by atoms with Gasteiger partial charge in [0.25, 0.3) is 0 Å². The van der Waals surface area contributed by atoms with E-state index in [0.29, 0.717) is 12.6 Å². The van der Waals surface area contributed by atoms with E-state index in [4.69, 9.17) is 5.11 Å². The van der Waals surface area contributed by atoms with E-state index in [1.807, 2.05) is 18.2 Å². The number of unbranched alkanes of at least 4 members (excludes halogenated alkanes) is 1. The molecule has 1 aromatic carbocycles. The van der Waals surface area contributed by atoms with Crippen LogP contribution in [0.25, 0.3) is 0 Å². The molecule has 1 fully saturated rings. The van der Waals surface area contributed by atoms with Crippen LogP contribution in [0.2, 0.25) is 0 Å². The van der Waals surface area contributed by atoms with Crippen LogP contribution in [0, 0.1) is 0 Å². The lowest BCUT2D eigenvalue weighted by Gasteiger charge is -2.21. The quantitative estimate of drug-likeness (QED) is 0.734. The van der Waals surface area contributed by atoms with Gasteiger partial charge in [-0.15, -0.1) is 0 Å². The third-order valence-corrected chi connectivity index (χ3v) is 4.37. The molecule has 1 heterocycles. The lowest BCUT2D eigenvalue weighted by Crippen LogP contribution is -2.35. The highest BCUT2D eigenvalue weighted by molar-refractivity contribution is 7.58. The Labute approximate surface area is 133 Å². The van der Waals surface area contributed by atoms with Gasteiger partial charge >= 0.3 is 0 Å². The van der Waals surface area contributed by atoms with Crippen LogP contribution in [0.3, 0.4) is 0 Å². The van der Waals surface area contributed by atoms with Gasteiger partial charge in [-0.25, -0.2) is 0 Å². The van der Waals surface area contributed by atoms with Crippen LogP contribution in [-0.4, -0.2) is 41.7 Å². The molecule has 2 aliphatic rings. The van der Waals surface area contributed by atoms with Crippen LogP contribution in [0.4, 0.5) is 17.1 Å². The lowest BCUT2D eigenvalue weighted by molar-refractivity contribution is -0.117. The smallest absolute Gasteiger partial charge is 0.238 e. The Balaban J connectivity index is 1.57. The SMILES string of the molecule is O=C(CN(CCCCO)C1CC1)Nc1cccc2c1N=S=N2. The Morgan fingerprint density at radius 1 is 1.36 bits per heavy atom. The Hall–Kier alpha value is -1.57. The van der Waals surface area contributed by atoms with Crippen molar-refractivity contribution in [3.05, 3.63) is 18.2 Å². The molecular formula is C15H20N4O2S. The molecule has 0 spiro atoms. The van der Waals surface area contributed by atoms with Crippen LogP contribution >= 0.6 is 0 Å². The second-order valence-electron chi connectivity index (χ2n) is 5.62. The van der Waals surface area contributed by atoms with Gasteiger partial charge in [0.1, 0.15) is 11.4 Å². The number of nitrogens with zero attached hydrogens (tertiary/aromatic N) is 3. The molecule has 22 heavy (non-hydrogen) atoms. The molecule has 1 saturated carbocycles. The minimum Gasteiger partial charge on any atom is -0.396 e. The second kappa shape index (κ2) is 7.13. The minimum atomic E-state index is -0.0172. The number of benzene rings is 1. The maximum atomic E-state index is 12.3. The van der Waals surface area contributed by atoms with Crippen LogP contribution in [0.15, 0.2) is 26.9 Å². The molecule has 1 aliphatic heterocycles. The van der Waals surface area contributed by atoms with Crippen molar-refractivity contribution in [3.63, 3.8) is 0 Å². The molecule has 0 saturated heterocycles. The summed E-state index contributed by atoms with van der Waals surface area (Å²) in [7, 11) is 0. The number of hydrogen-bond donors (Lipinski definition) is 2. The van der Waals surface area contributed by atoms with Gasteiger partial charge in [0.2, 0.25) is 5.91 Å². The summed E-state index contributed by atoms with van der Waals surface area (Å²) in [5.74, 6) is -0.0172.